The first-order chi connectivity index (χ1) is 9.37. The molecule has 2 N–H and O–H groups in total. The fourth-order valence-corrected chi connectivity index (χ4v) is 2.99. The predicted octanol–water partition coefficient (Wildman–Crippen LogP) is 2.97. The second-order valence-corrected chi connectivity index (χ2v) is 5.99. The van der Waals surface area contributed by atoms with Crippen molar-refractivity contribution in [2.24, 2.45) is 0 Å². The number of rotatable bonds is 3. The van der Waals surface area contributed by atoms with Crippen molar-refractivity contribution in [2.75, 3.05) is 0 Å². The molecule has 1 aliphatic carbocycles. The van der Waals surface area contributed by atoms with Gasteiger partial charge in [0.25, 0.3) is 0 Å². The standard InChI is InChI=1S/C15H13IO4/c1-9-5-6-10(13(17)18)8-15(9,14(19)20)11-3-2-4-12(16)7-11/h2-7H,8H2,1H3,(H,17,18)(H,19,20). The zero-order valence-corrected chi connectivity index (χ0v) is 12.9. The molecule has 1 aromatic carbocycles. The van der Waals surface area contributed by atoms with Gasteiger partial charge in [0.2, 0.25) is 0 Å². The number of aliphatic carboxylic acids is 2. The zero-order chi connectivity index (χ0) is 14.9. The van der Waals surface area contributed by atoms with Crippen LogP contribution in [0.25, 0.3) is 0 Å². The van der Waals surface area contributed by atoms with Crippen LogP contribution in [0.3, 0.4) is 0 Å². The first-order valence-corrected chi connectivity index (χ1v) is 7.06. The summed E-state index contributed by atoms with van der Waals surface area (Å²) in [5, 5.41) is 18.9. The minimum absolute atomic E-state index is 0.0416. The summed E-state index contributed by atoms with van der Waals surface area (Å²) in [7, 11) is 0. The van der Waals surface area contributed by atoms with E-state index in [9.17, 15) is 14.7 Å². The molecular weight excluding hydrogens is 371 g/mol. The molecule has 2 rings (SSSR count). The van der Waals surface area contributed by atoms with Gasteiger partial charge in [0.05, 0.1) is 0 Å². The minimum Gasteiger partial charge on any atom is -0.480 e. The topological polar surface area (TPSA) is 74.6 Å². The molecule has 1 atom stereocenters. The molecule has 0 fully saturated rings. The second-order valence-electron chi connectivity index (χ2n) is 4.74. The molecule has 5 heteroatoms. The second kappa shape index (κ2) is 5.40. The van der Waals surface area contributed by atoms with Crippen LogP contribution in [0.5, 0.6) is 0 Å². The van der Waals surface area contributed by atoms with Crippen molar-refractivity contribution in [3.63, 3.8) is 0 Å². The highest BCUT2D eigenvalue weighted by Crippen LogP contribution is 2.41. The molecular formula is C15H13IO4. The molecule has 0 saturated carbocycles. The van der Waals surface area contributed by atoms with E-state index >= 15 is 0 Å². The molecule has 0 radical (unpaired) electrons. The van der Waals surface area contributed by atoms with E-state index in [4.69, 9.17) is 5.11 Å². The number of benzene rings is 1. The lowest BCUT2D eigenvalue weighted by Gasteiger charge is -2.33. The molecule has 0 amide bonds. The number of hydrogen-bond acceptors (Lipinski definition) is 2. The van der Waals surface area contributed by atoms with Crippen LogP contribution in [0.4, 0.5) is 0 Å². The van der Waals surface area contributed by atoms with E-state index in [1.165, 1.54) is 6.08 Å². The highest BCUT2D eigenvalue weighted by atomic mass is 127. The number of carboxylic acids is 2. The van der Waals surface area contributed by atoms with Crippen LogP contribution < -0.4 is 0 Å². The maximum atomic E-state index is 11.9. The molecule has 0 bridgehead atoms. The van der Waals surface area contributed by atoms with Gasteiger partial charge in [-0.3, -0.25) is 4.79 Å². The van der Waals surface area contributed by atoms with Gasteiger partial charge in [-0.25, -0.2) is 4.79 Å². The monoisotopic (exact) mass is 384 g/mol. The Labute approximate surface area is 130 Å². The summed E-state index contributed by atoms with van der Waals surface area (Å²) in [6.45, 7) is 1.73. The van der Waals surface area contributed by atoms with E-state index in [1.54, 1.807) is 31.2 Å². The normalized spacial score (nSPS) is 21.9. The summed E-state index contributed by atoms with van der Waals surface area (Å²) in [6, 6.07) is 7.18. The van der Waals surface area contributed by atoms with Crippen molar-refractivity contribution >= 4 is 34.5 Å². The molecule has 0 aromatic heterocycles. The van der Waals surface area contributed by atoms with E-state index in [-0.39, 0.29) is 12.0 Å². The highest BCUT2D eigenvalue weighted by molar-refractivity contribution is 14.1. The lowest BCUT2D eigenvalue weighted by molar-refractivity contribution is -0.142. The van der Waals surface area contributed by atoms with Crippen LogP contribution in [-0.2, 0) is 15.0 Å². The summed E-state index contributed by atoms with van der Waals surface area (Å²) in [5.74, 6) is -2.11. The van der Waals surface area contributed by atoms with Crippen molar-refractivity contribution in [1.82, 2.24) is 0 Å². The van der Waals surface area contributed by atoms with E-state index in [0.717, 1.165) is 3.57 Å². The summed E-state index contributed by atoms with van der Waals surface area (Å²) < 4.78 is 0.917. The van der Waals surface area contributed by atoms with Crippen molar-refractivity contribution in [1.29, 1.82) is 0 Å². The van der Waals surface area contributed by atoms with Crippen LogP contribution in [0.15, 0.2) is 47.6 Å². The van der Waals surface area contributed by atoms with Gasteiger partial charge < -0.3 is 10.2 Å². The fraction of sp³-hybridized carbons (Fsp3) is 0.200. The van der Waals surface area contributed by atoms with Crippen LogP contribution in [-0.4, -0.2) is 22.2 Å². The number of allylic oxidation sites excluding steroid dienone is 2. The van der Waals surface area contributed by atoms with Crippen LogP contribution in [0.1, 0.15) is 18.9 Å². The van der Waals surface area contributed by atoms with Gasteiger partial charge in [0, 0.05) is 15.6 Å². The number of carbonyl (C=O) groups is 2. The van der Waals surface area contributed by atoms with Crippen molar-refractivity contribution in [2.45, 2.75) is 18.8 Å². The van der Waals surface area contributed by atoms with Gasteiger partial charge in [-0.2, -0.15) is 0 Å². The Morgan fingerprint density at radius 1 is 1.25 bits per heavy atom. The molecule has 0 aliphatic heterocycles. The van der Waals surface area contributed by atoms with Gasteiger partial charge in [0.1, 0.15) is 5.41 Å². The summed E-state index contributed by atoms with van der Waals surface area (Å²) >= 11 is 2.11. The van der Waals surface area contributed by atoms with Crippen LogP contribution in [0, 0.1) is 3.57 Å². The smallest absolute Gasteiger partial charge is 0.331 e. The quantitative estimate of drug-likeness (QED) is 0.786. The Morgan fingerprint density at radius 2 is 1.95 bits per heavy atom. The number of hydrogen-bond donors (Lipinski definition) is 2. The lowest BCUT2D eigenvalue weighted by atomic mass is 9.68. The SMILES string of the molecule is CC1=CC=C(C(=O)O)CC1(C(=O)O)c1cccc(I)c1. The van der Waals surface area contributed by atoms with Gasteiger partial charge in [0.15, 0.2) is 0 Å². The average Bonchev–Trinajstić information content (AvgIpc) is 2.38. The fourth-order valence-electron chi connectivity index (χ4n) is 2.45. The third-order valence-electron chi connectivity index (χ3n) is 3.62. The largest absolute Gasteiger partial charge is 0.480 e. The summed E-state index contributed by atoms with van der Waals surface area (Å²) in [5.41, 5.74) is 0.0512. The molecule has 4 nitrogen and oxygen atoms in total. The van der Waals surface area contributed by atoms with Crippen molar-refractivity contribution < 1.29 is 19.8 Å². The third-order valence-corrected chi connectivity index (χ3v) is 4.29. The van der Waals surface area contributed by atoms with E-state index in [2.05, 4.69) is 22.6 Å². The molecule has 104 valence electrons. The van der Waals surface area contributed by atoms with Crippen molar-refractivity contribution in [3.8, 4) is 0 Å². The Bertz CT molecular complexity index is 645. The van der Waals surface area contributed by atoms with E-state index in [1.807, 2.05) is 6.07 Å². The van der Waals surface area contributed by atoms with Crippen LogP contribution in [0.2, 0.25) is 0 Å². The molecule has 0 heterocycles. The maximum absolute atomic E-state index is 11.9. The van der Waals surface area contributed by atoms with E-state index < -0.39 is 17.4 Å². The van der Waals surface area contributed by atoms with Crippen LogP contribution >= 0.6 is 22.6 Å². The van der Waals surface area contributed by atoms with Gasteiger partial charge >= 0.3 is 11.9 Å². The van der Waals surface area contributed by atoms with Crippen molar-refractivity contribution in [3.05, 3.63) is 56.7 Å². The average molecular weight is 384 g/mol. The highest BCUT2D eigenvalue weighted by Gasteiger charge is 2.45. The minimum atomic E-state index is -1.30. The first-order valence-electron chi connectivity index (χ1n) is 5.98. The van der Waals surface area contributed by atoms with Gasteiger partial charge in [-0.05, 0) is 47.2 Å². The molecule has 1 unspecified atom stereocenters. The van der Waals surface area contributed by atoms with Gasteiger partial charge in [-0.15, -0.1) is 0 Å². The Kier molecular flexibility index (Phi) is 3.99. The Morgan fingerprint density at radius 3 is 2.50 bits per heavy atom. The first kappa shape index (κ1) is 14.8. The number of carboxylic acid groups (broad SMARTS) is 2. The zero-order valence-electron chi connectivity index (χ0n) is 10.8. The predicted molar refractivity (Wildman–Crippen MR) is 82.6 cm³/mol. The molecule has 0 spiro atoms. The lowest BCUT2D eigenvalue weighted by Crippen LogP contribution is -2.39. The Balaban J connectivity index is 2.63. The third kappa shape index (κ3) is 2.37. The van der Waals surface area contributed by atoms with Gasteiger partial charge in [-0.1, -0.05) is 29.9 Å². The molecule has 1 aliphatic rings. The molecule has 1 aromatic rings. The number of halogens is 1. The molecule has 20 heavy (non-hydrogen) atoms. The Hall–Kier alpha value is -1.63. The summed E-state index contributed by atoms with van der Waals surface area (Å²) in [4.78, 5) is 23.1. The maximum Gasteiger partial charge on any atom is 0.331 e. The summed E-state index contributed by atoms with van der Waals surface area (Å²) in [6.07, 6.45) is 3.02. The molecule has 0 saturated heterocycles. The van der Waals surface area contributed by atoms with E-state index in [0.29, 0.717) is 11.1 Å².